The summed E-state index contributed by atoms with van der Waals surface area (Å²) in [5.41, 5.74) is 5.36. The van der Waals surface area contributed by atoms with E-state index in [2.05, 4.69) is 12.2 Å². The smallest absolute Gasteiger partial charge is 0.223 e. The molecular formula is C19H36N2O3. The van der Waals surface area contributed by atoms with E-state index in [0.29, 0.717) is 25.4 Å². The van der Waals surface area contributed by atoms with Gasteiger partial charge < -0.3 is 21.3 Å². The third-order valence-electron chi connectivity index (χ3n) is 6.17. The first-order chi connectivity index (χ1) is 11.5. The molecule has 0 spiro atoms. The monoisotopic (exact) mass is 340 g/mol. The van der Waals surface area contributed by atoms with Crippen LogP contribution in [0.15, 0.2) is 0 Å². The highest BCUT2D eigenvalue weighted by Gasteiger charge is 2.35. The first-order valence-corrected chi connectivity index (χ1v) is 9.86. The lowest BCUT2D eigenvalue weighted by Crippen LogP contribution is -2.44. The van der Waals surface area contributed by atoms with Crippen molar-refractivity contribution in [1.29, 1.82) is 0 Å². The highest BCUT2D eigenvalue weighted by atomic mass is 16.3. The lowest BCUT2D eigenvalue weighted by Gasteiger charge is -2.34. The Bertz CT molecular complexity index is 385. The van der Waals surface area contributed by atoms with Gasteiger partial charge in [-0.1, -0.05) is 32.1 Å². The molecule has 5 heteroatoms. The van der Waals surface area contributed by atoms with Crippen molar-refractivity contribution in [2.75, 3.05) is 6.54 Å². The fourth-order valence-electron chi connectivity index (χ4n) is 4.39. The number of nitrogens with two attached hydrogens (primary N) is 1. The Morgan fingerprint density at radius 2 is 1.92 bits per heavy atom. The normalized spacial score (nSPS) is 31.5. The first kappa shape index (κ1) is 19.7. The summed E-state index contributed by atoms with van der Waals surface area (Å²) >= 11 is 0. The number of primary amides is 1. The van der Waals surface area contributed by atoms with Crippen LogP contribution in [-0.2, 0) is 4.79 Å². The van der Waals surface area contributed by atoms with Crippen molar-refractivity contribution in [3.05, 3.63) is 0 Å². The molecule has 140 valence electrons. The lowest BCUT2D eigenvalue weighted by atomic mass is 9.76. The molecule has 0 heterocycles. The Balaban J connectivity index is 1.66. The molecule has 24 heavy (non-hydrogen) atoms. The highest BCUT2D eigenvalue weighted by Crippen LogP contribution is 2.31. The Hall–Kier alpha value is -0.650. The van der Waals surface area contributed by atoms with E-state index in [1.165, 1.54) is 38.5 Å². The standard InChI is InChI=1S/C19H36N2O3/c1-13(7-8-14-5-3-2-4-6-14)21-12-18(23)15-9-10-17(22)16(11-15)19(20)24/h13-18,21-23H,2-12H2,1H3,(H2,20,24). The van der Waals surface area contributed by atoms with Crippen LogP contribution in [0.5, 0.6) is 0 Å². The van der Waals surface area contributed by atoms with E-state index < -0.39 is 24.0 Å². The van der Waals surface area contributed by atoms with Crippen LogP contribution in [0.4, 0.5) is 0 Å². The molecule has 0 aromatic heterocycles. The van der Waals surface area contributed by atoms with E-state index in [1.54, 1.807) is 0 Å². The number of rotatable bonds is 8. The van der Waals surface area contributed by atoms with Crippen molar-refractivity contribution in [2.45, 2.75) is 89.4 Å². The van der Waals surface area contributed by atoms with E-state index in [4.69, 9.17) is 5.73 Å². The summed E-state index contributed by atoms with van der Waals surface area (Å²) in [4.78, 5) is 11.4. The molecule has 1 amide bonds. The topological polar surface area (TPSA) is 95.6 Å². The van der Waals surface area contributed by atoms with E-state index in [0.717, 1.165) is 18.8 Å². The number of nitrogens with one attached hydrogen (secondary N) is 1. The van der Waals surface area contributed by atoms with Crippen LogP contribution in [0.3, 0.4) is 0 Å². The summed E-state index contributed by atoms with van der Waals surface area (Å²) < 4.78 is 0. The van der Waals surface area contributed by atoms with E-state index in [9.17, 15) is 15.0 Å². The van der Waals surface area contributed by atoms with Gasteiger partial charge in [-0.25, -0.2) is 0 Å². The molecule has 2 saturated carbocycles. The minimum atomic E-state index is -0.645. The fraction of sp³-hybridized carbons (Fsp3) is 0.947. The quantitative estimate of drug-likeness (QED) is 0.543. The maximum absolute atomic E-state index is 11.4. The zero-order valence-electron chi connectivity index (χ0n) is 15.1. The number of hydrogen-bond donors (Lipinski definition) is 4. The largest absolute Gasteiger partial charge is 0.392 e. The van der Waals surface area contributed by atoms with Gasteiger partial charge in [-0.05, 0) is 50.9 Å². The van der Waals surface area contributed by atoms with Gasteiger partial charge in [0.25, 0.3) is 0 Å². The van der Waals surface area contributed by atoms with Crippen molar-refractivity contribution in [3.8, 4) is 0 Å². The van der Waals surface area contributed by atoms with Gasteiger partial charge in [0.1, 0.15) is 0 Å². The van der Waals surface area contributed by atoms with Crippen molar-refractivity contribution < 1.29 is 15.0 Å². The minimum absolute atomic E-state index is 0.0453. The van der Waals surface area contributed by atoms with Crippen LogP contribution >= 0.6 is 0 Å². The van der Waals surface area contributed by atoms with Gasteiger partial charge in [0, 0.05) is 12.6 Å². The molecule has 0 aromatic carbocycles. The molecule has 5 N–H and O–H groups in total. The van der Waals surface area contributed by atoms with Crippen LogP contribution in [0.25, 0.3) is 0 Å². The third kappa shape index (κ3) is 6.01. The molecule has 0 aliphatic heterocycles. The van der Waals surface area contributed by atoms with E-state index in [-0.39, 0.29) is 5.92 Å². The van der Waals surface area contributed by atoms with Crippen molar-refractivity contribution in [3.63, 3.8) is 0 Å². The molecule has 5 nitrogen and oxygen atoms in total. The number of aliphatic hydroxyl groups is 2. The molecule has 2 rings (SSSR count). The second-order valence-electron chi connectivity index (χ2n) is 8.11. The van der Waals surface area contributed by atoms with E-state index in [1.807, 2.05) is 0 Å². The minimum Gasteiger partial charge on any atom is -0.392 e. The van der Waals surface area contributed by atoms with Crippen LogP contribution in [0.2, 0.25) is 0 Å². The van der Waals surface area contributed by atoms with Gasteiger partial charge in [-0.3, -0.25) is 4.79 Å². The molecular weight excluding hydrogens is 304 g/mol. The van der Waals surface area contributed by atoms with Gasteiger partial charge in [-0.2, -0.15) is 0 Å². The molecule has 5 atom stereocenters. The summed E-state index contributed by atoms with van der Waals surface area (Å²) in [7, 11) is 0. The van der Waals surface area contributed by atoms with Crippen molar-refractivity contribution in [2.24, 2.45) is 23.5 Å². The SMILES string of the molecule is CC(CCC1CCCCC1)NCC(O)C1CCC(O)C(C(N)=O)C1. The van der Waals surface area contributed by atoms with Crippen LogP contribution in [-0.4, -0.2) is 40.9 Å². The van der Waals surface area contributed by atoms with Gasteiger partial charge in [-0.15, -0.1) is 0 Å². The first-order valence-electron chi connectivity index (χ1n) is 9.86. The zero-order chi connectivity index (χ0) is 17.5. The number of aliphatic hydroxyl groups excluding tert-OH is 2. The molecule has 0 radical (unpaired) electrons. The molecule has 2 aliphatic carbocycles. The molecule has 0 saturated heterocycles. The summed E-state index contributed by atoms with van der Waals surface area (Å²) in [6.07, 6.45) is 10.1. The maximum atomic E-state index is 11.4. The number of carbonyl (C=O) groups excluding carboxylic acids is 1. The van der Waals surface area contributed by atoms with Crippen molar-refractivity contribution in [1.82, 2.24) is 5.32 Å². The molecule has 0 bridgehead atoms. The molecule has 0 aromatic rings. The lowest BCUT2D eigenvalue weighted by molar-refractivity contribution is -0.128. The Labute approximate surface area is 146 Å². The zero-order valence-corrected chi connectivity index (χ0v) is 15.1. The van der Waals surface area contributed by atoms with E-state index >= 15 is 0 Å². The number of hydrogen-bond acceptors (Lipinski definition) is 4. The Kier molecular flexibility index (Phi) is 7.98. The second-order valence-corrected chi connectivity index (χ2v) is 8.11. The molecule has 5 unspecified atom stereocenters. The van der Waals surface area contributed by atoms with Crippen LogP contribution < -0.4 is 11.1 Å². The fourth-order valence-corrected chi connectivity index (χ4v) is 4.39. The van der Waals surface area contributed by atoms with Crippen LogP contribution in [0.1, 0.15) is 71.1 Å². The predicted octanol–water partition coefficient (Wildman–Crippen LogP) is 1.95. The third-order valence-corrected chi connectivity index (χ3v) is 6.17. The summed E-state index contributed by atoms with van der Waals surface area (Å²) in [5.74, 6) is -0.0247. The van der Waals surface area contributed by atoms with Crippen LogP contribution in [0, 0.1) is 17.8 Å². The second kappa shape index (κ2) is 9.73. The Morgan fingerprint density at radius 1 is 1.21 bits per heavy atom. The maximum Gasteiger partial charge on any atom is 0.223 e. The number of amides is 1. The van der Waals surface area contributed by atoms with Gasteiger partial charge >= 0.3 is 0 Å². The van der Waals surface area contributed by atoms with Gasteiger partial charge in [0.05, 0.1) is 18.1 Å². The van der Waals surface area contributed by atoms with Gasteiger partial charge in [0.2, 0.25) is 5.91 Å². The summed E-state index contributed by atoms with van der Waals surface area (Å²) in [5, 5.41) is 23.7. The summed E-state index contributed by atoms with van der Waals surface area (Å²) in [6, 6.07) is 0.405. The number of carbonyl (C=O) groups is 1. The molecule has 2 fully saturated rings. The average Bonchev–Trinajstić information content (AvgIpc) is 2.59. The molecule has 2 aliphatic rings. The Morgan fingerprint density at radius 3 is 2.58 bits per heavy atom. The summed E-state index contributed by atoms with van der Waals surface area (Å²) in [6.45, 7) is 2.74. The average molecular weight is 341 g/mol. The van der Waals surface area contributed by atoms with Gasteiger partial charge in [0.15, 0.2) is 0 Å². The van der Waals surface area contributed by atoms with Crippen molar-refractivity contribution >= 4 is 5.91 Å². The highest BCUT2D eigenvalue weighted by molar-refractivity contribution is 5.77. The predicted molar refractivity (Wildman–Crippen MR) is 95.3 cm³/mol.